The molecule has 0 saturated heterocycles. The van der Waals surface area contributed by atoms with Crippen LogP contribution in [0.2, 0.25) is 19.6 Å². The van der Waals surface area contributed by atoms with E-state index in [-0.39, 0.29) is 0 Å². The molecule has 0 fully saturated rings. The van der Waals surface area contributed by atoms with E-state index >= 15 is 0 Å². The summed E-state index contributed by atoms with van der Waals surface area (Å²) in [4.78, 5) is 4.07. The van der Waals surface area contributed by atoms with Crippen LogP contribution in [0.1, 0.15) is 5.69 Å². The first-order valence-corrected chi connectivity index (χ1v) is 7.43. The Morgan fingerprint density at radius 3 is 2.67 bits per heavy atom. The van der Waals surface area contributed by atoms with Crippen molar-refractivity contribution in [3.63, 3.8) is 0 Å². The van der Waals surface area contributed by atoms with Crippen molar-refractivity contribution in [1.82, 2.24) is 4.98 Å². The lowest BCUT2D eigenvalue weighted by Gasteiger charge is -2.02. The standard InChI is InChI=1S/C10H12NSi/c1-12(2,3)9-7-10-6-4-5-8-11-10/h4,6,8H,1-3H3. The van der Waals surface area contributed by atoms with Gasteiger partial charge in [-0.1, -0.05) is 25.6 Å². The summed E-state index contributed by atoms with van der Waals surface area (Å²) in [5.74, 6) is 3.07. The van der Waals surface area contributed by atoms with Gasteiger partial charge in [0.25, 0.3) is 0 Å². The molecule has 0 aliphatic carbocycles. The highest BCUT2D eigenvalue weighted by Gasteiger charge is 2.07. The van der Waals surface area contributed by atoms with Gasteiger partial charge in [0.1, 0.15) is 13.8 Å². The zero-order chi connectivity index (χ0) is 9.03. The van der Waals surface area contributed by atoms with E-state index in [4.69, 9.17) is 0 Å². The lowest BCUT2D eigenvalue weighted by molar-refractivity contribution is 1.28. The van der Waals surface area contributed by atoms with Crippen molar-refractivity contribution in [2.24, 2.45) is 0 Å². The maximum absolute atomic E-state index is 4.07. The molecular formula is C10H12NSi. The smallest absolute Gasteiger partial charge is 0.129 e. The molecule has 0 aromatic carbocycles. The minimum Gasteiger partial charge on any atom is -0.247 e. The Balaban J connectivity index is 2.81. The van der Waals surface area contributed by atoms with Crippen LogP contribution in [-0.4, -0.2) is 13.1 Å². The first-order valence-electron chi connectivity index (χ1n) is 3.93. The van der Waals surface area contributed by atoms with E-state index in [1.165, 1.54) is 0 Å². The molecule has 0 atom stereocenters. The summed E-state index contributed by atoms with van der Waals surface area (Å²) in [5.41, 5.74) is 4.09. The molecular weight excluding hydrogens is 162 g/mol. The van der Waals surface area contributed by atoms with Gasteiger partial charge >= 0.3 is 0 Å². The van der Waals surface area contributed by atoms with Crippen molar-refractivity contribution < 1.29 is 0 Å². The third-order valence-corrected chi connectivity index (χ3v) is 2.06. The normalized spacial score (nSPS) is 10.2. The van der Waals surface area contributed by atoms with E-state index in [1.807, 2.05) is 12.1 Å². The zero-order valence-corrected chi connectivity index (χ0v) is 8.68. The minimum atomic E-state index is -1.25. The van der Waals surface area contributed by atoms with Crippen LogP contribution >= 0.6 is 0 Å². The predicted molar refractivity (Wildman–Crippen MR) is 53.3 cm³/mol. The predicted octanol–water partition coefficient (Wildman–Crippen LogP) is 2.11. The third kappa shape index (κ3) is 3.36. The molecule has 0 amide bonds. The fourth-order valence-electron chi connectivity index (χ4n) is 0.645. The average Bonchev–Trinajstić information content (AvgIpc) is 2.02. The van der Waals surface area contributed by atoms with Gasteiger partial charge in [0.05, 0.1) is 0 Å². The largest absolute Gasteiger partial charge is 0.247 e. The maximum Gasteiger partial charge on any atom is 0.129 e. The number of pyridine rings is 1. The fraction of sp³-hybridized carbons (Fsp3) is 0.300. The van der Waals surface area contributed by atoms with E-state index < -0.39 is 8.07 Å². The van der Waals surface area contributed by atoms with Gasteiger partial charge < -0.3 is 0 Å². The van der Waals surface area contributed by atoms with E-state index in [1.54, 1.807) is 6.20 Å². The van der Waals surface area contributed by atoms with E-state index in [0.717, 1.165) is 5.69 Å². The highest BCUT2D eigenvalue weighted by molar-refractivity contribution is 6.83. The third-order valence-electron chi connectivity index (χ3n) is 1.18. The Kier molecular flexibility index (Phi) is 2.67. The second kappa shape index (κ2) is 3.55. The molecule has 0 aliphatic rings. The van der Waals surface area contributed by atoms with Gasteiger partial charge in [0.15, 0.2) is 0 Å². The van der Waals surface area contributed by atoms with Crippen LogP contribution in [0.25, 0.3) is 0 Å². The second-order valence-electron chi connectivity index (χ2n) is 3.64. The summed E-state index contributed by atoms with van der Waals surface area (Å²) < 4.78 is 0. The van der Waals surface area contributed by atoms with Crippen LogP contribution in [0.5, 0.6) is 0 Å². The van der Waals surface area contributed by atoms with Crippen molar-refractivity contribution >= 4 is 8.07 Å². The molecule has 2 heteroatoms. The summed E-state index contributed by atoms with van der Waals surface area (Å²) in [7, 11) is -1.25. The van der Waals surface area contributed by atoms with Gasteiger partial charge in [-0.25, -0.2) is 4.98 Å². The molecule has 0 N–H and O–H groups in total. The summed E-state index contributed by atoms with van der Waals surface area (Å²) in [6, 6.07) is 6.58. The molecule has 0 unspecified atom stereocenters. The summed E-state index contributed by atoms with van der Waals surface area (Å²) in [5, 5.41) is 0. The number of hydrogen-bond acceptors (Lipinski definition) is 1. The van der Waals surface area contributed by atoms with Crippen LogP contribution in [0.15, 0.2) is 18.3 Å². The number of aromatic nitrogens is 1. The number of hydrogen-bond donors (Lipinski definition) is 0. The molecule has 1 aromatic heterocycles. The Bertz CT molecular complexity index is 300. The Labute approximate surface area is 74.9 Å². The second-order valence-corrected chi connectivity index (χ2v) is 8.39. The zero-order valence-electron chi connectivity index (χ0n) is 7.68. The van der Waals surface area contributed by atoms with E-state index in [0.29, 0.717) is 0 Å². The molecule has 1 heterocycles. The highest BCUT2D eigenvalue weighted by atomic mass is 28.3. The Hall–Kier alpha value is -1.07. The van der Waals surface area contributed by atoms with Crippen LogP contribution in [0, 0.1) is 17.5 Å². The van der Waals surface area contributed by atoms with Crippen LogP contribution in [-0.2, 0) is 0 Å². The summed E-state index contributed by atoms with van der Waals surface area (Å²) >= 11 is 0. The molecule has 12 heavy (non-hydrogen) atoms. The van der Waals surface area contributed by atoms with Crippen LogP contribution in [0.4, 0.5) is 0 Å². The lowest BCUT2D eigenvalue weighted by atomic mass is 10.4. The molecule has 0 aliphatic heterocycles. The van der Waals surface area contributed by atoms with Crippen molar-refractivity contribution in [3.05, 3.63) is 30.1 Å². The maximum atomic E-state index is 4.07. The molecule has 0 saturated carbocycles. The molecule has 1 nitrogen and oxygen atoms in total. The quantitative estimate of drug-likeness (QED) is 0.433. The van der Waals surface area contributed by atoms with E-state index in [2.05, 4.69) is 42.2 Å². The Morgan fingerprint density at radius 2 is 2.17 bits per heavy atom. The minimum absolute atomic E-state index is 0.844. The van der Waals surface area contributed by atoms with Gasteiger partial charge in [-0.05, 0) is 12.1 Å². The van der Waals surface area contributed by atoms with Gasteiger partial charge in [0, 0.05) is 12.3 Å². The monoisotopic (exact) mass is 174 g/mol. The van der Waals surface area contributed by atoms with Crippen LogP contribution in [0.3, 0.4) is 0 Å². The van der Waals surface area contributed by atoms with Gasteiger partial charge in [-0.2, -0.15) is 0 Å². The Morgan fingerprint density at radius 1 is 1.42 bits per heavy atom. The lowest BCUT2D eigenvalue weighted by Crippen LogP contribution is -2.16. The van der Waals surface area contributed by atoms with Gasteiger partial charge in [0.2, 0.25) is 0 Å². The number of rotatable bonds is 0. The van der Waals surface area contributed by atoms with Gasteiger partial charge in [-0.15, -0.1) is 5.54 Å². The molecule has 0 bridgehead atoms. The van der Waals surface area contributed by atoms with Crippen molar-refractivity contribution in [3.8, 4) is 11.5 Å². The average molecular weight is 174 g/mol. The van der Waals surface area contributed by atoms with Crippen molar-refractivity contribution in [2.45, 2.75) is 19.6 Å². The van der Waals surface area contributed by atoms with Gasteiger partial charge in [-0.3, -0.25) is 0 Å². The van der Waals surface area contributed by atoms with Crippen LogP contribution < -0.4 is 0 Å². The topological polar surface area (TPSA) is 12.9 Å². The first kappa shape index (κ1) is 9.02. The molecule has 1 radical (unpaired) electrons. The van der Waals surface area contributed by atoms with E-state index in [9.17, 15) is 0 Å². The molecule has 1 aromatic rings. The summed E-state index contributed by atoms with van der Waals surface area (Å²) in [6.45, 7) is 6.65. The molecule has 1 rings (SSSR count). The fourth-order valence-corrected chi connectivity index (χ4v) is 1.15. The number of nitrogens with zero attached hydrogens (tertiary/aromatic N) is 1. The van der Waals surface area contributed by atoms with Crippen molar-refractivity contribution in [1.29, 1.82) is 0 Å². The molecule has 0 spiro atoms. The molecule has 61 valence electrons. The summed E-state index contributed by atoms with van der Waals surface area (Å²) in [6.07, 6.45) is 1.65. The highest BCUT2D eigenvalue weighted by Crippen LogP contribution is 1.97. The van der Waals surface area contributed by atoms with Crippen molar-refractivity contribution in [2.75, 3.05) is 0 Å². The first-order chi connectivity index (χ1) is 5.58. The SMILES string of the molecule is C[Si](C)(C)C#Cc1cc[c]cn1.